The minimum atomic E-state index is -0.502. The maximum absolute atomic E-state index is 11.6. The van der Waals surface area contributed by atoms with Gasteiger partial charge in [-0.05, 0) is 43.3 Å². The number of benzene rings is 1. The molecule has 0 aliphatic rings. The molecule has 0 bridgehead atoms. The first kappa shape index (κ1) is 13.5. The van der Waals surface area contributed by atoms with Gasteiger partial charge >= 0.3 is 5.97 Å². The van der Waals surface area contributed by atoms with E-state index in [2.05, 4.69) is 15.7 Å². The highest BCUT2D eigenvalue weighted by Gasteiger charge is 2.17. The average Bonchev–Trinajstić information content (AvgIpc) is 2.81. The fraction of sp³-hybridized carbons (Fsp3) is 0.231. The fourth-order valence-electron chi connectivity index (χ4n) is 1.56. The van der Waals surface area contributed by atoms with Crippen LogP contribution in [0, 0.1) is 18.3 Å². The Morgan fingerprint density at radius 1 is 1.45 bits per heavy atom. The Kier molecular flexibility index (Phi) is 3.96. The molecule has 2 aromatic rings. The molecule has 2 rings (SSSR count). The van der Waals surface area contributed by atoms with E-state index in [0.29, 0.717) is 11.3 Å². The Morgan fingerprint density at radius 2 is 2.15 bits per heavy atom. The van der Waals surface area contributed by atoms with E-state index in [4.69, 9.17) is 10.00 Å². The lowest BCUT2D eigenvalue weighted by atomic mass is 10.2. The molecule has 1 heterocycles. The summed E-state index contributed by atoms with van der Waals surface area (Å²) in [6.07, 6.45) is 0. The normalized spacial score (nSPS) is 9.85. The summed E-state index contributed by atoms with van der Waals surface area (Å²) in [5.74, 6) is -0.502. The maximum atomic E-state index is 11.6. The second-order valence-electron chi connectivity index (χ2n) is 3.96. The van der Waals surface area contributed by atoms with Gasteiger partial charge in [-0.25, -0.2) is 4.79 Å². The van der Waals surface area contributed by atoms with Gasteiger partial charge in [0.15, 0.2) is 5.69 Å². The van der Waals surface area contributed by atoms with E-state index in [1.807, 2.05) is 6.07 Å². The van der Waals surface area contributed by atoms with Gasteiger partial charge in [-0.1, -0.05) is 0 Å². The van der Waals surface area contributed by atoms with Crippen LogP contribution in [0.1, 0.15) is 28.7 Å². The Balaban J connectivity index is 2.18. The van der Waals surface area contributed by atoms with E-state index >= 15 is 0 Å². The molecule has 0 radical (unpaired) electrons. The van der Waals surface area contributed by atoms with Gasteiger partial charge in [0.05, 0.1) is 29.6 Å². The zero-order valence-corrected chi connectivity index (χ0v) is 11.1. The minimum absolute atomic E-state index is 0.174. The van der Waals surface area contributed by atoms with Crippen molar-refractivity contribution in [3.05, 3.63) is 41.2 Å². The number of rotatable bonds is 4. The molecule has 0 amide bonds. The molecular formula is C13H13N5O2. The van der Waals surface area contributed by atoms with Crippen LogP contribution in [0.5, 0.6) is 0 Å². The molecule has 0 aliphatic heterocycles. The quantitative estimate of drug-likeness (QED) is 0.847. The number of aromatic nitrogens is 3. The summed E-state index contributed by atoms with van der Waals surface area (Å²) in [5, 5.41) is 16.4. The zero-order valence-electron chi connectivity index (χ0n) is 11.1. The predicted octanol–water partition coefficient (Wildman–Crippen LogP) is 1.51. The van der Waals surface area contributed by atoms with Crippen LogP contribution in [-0.4, -0.2) is 27.7 Å². The van der Waals surface area contributed by atoms with Crippen LogP contribution in [0.25, 0.3) is 0 Å². The fourth-order valence-corrected chi connectivity index (χ4v) is 1.56. The van der Waals surface area contributed by atoms with Crippen LogP contribution in [0.3, 0.4) is 0 Å². The van der Waals surface area contributed by atoms with Crippen LogP contribution in [0.4, 0.5) is 5.69 Å². The summed E-state index contributed by atoms with van der Waals surface area (Å²) in [4.78, 5) is 13.0. The van der Waals surface area contributed by atoms with Gasteiger partial charge in [-0.15, -0.1) is 5.10 Å². The molecule has 0 saturated carbocycles. The maximum Gasteiger partial charge on any atom is 0.360 e. The summed E-state index contributed by atoms with van der Waals surface area (Å²) in [7, 11) is 0. The second kappa shape index (κ2) is 5.84. The molecule has 20 heavy (non-hydrogen) atoms. The summed E-state index contributed by atoms with van der Waals surface area (Å²) >= 11 is 0. The lowest BCUT2D eigenvalue weighted by molar-refractivity contribution is 0.0518. The van der Waals surface area contributed by atoms with E-state index in [0.717, 1.165) is 5.69 Å². The molecule has 1 N–H and O–H groups in total. The van der Waals surface area contributed by atoms with Gasteiger partial charge in [0.25, 0.3) is 0 Å². The first-order valence-electron chi connectivity index (χ1n) is 6.02. The number of nitriles is 1. The number of carbonyl (C=O) groups is 1. The smallest absolute Gasteiger partial charge is 0.360 e. The Morgan fingerprint density at radius 3 is 2.75 bits per heavy atom. The van der Waals surface area contributed by atoms with Crippen molar-refractivity contribution in [2.45, 2.75) is 13.8 Å². The van der Waals surface area contributed by atoms with Crippen molar-refractivity contribution in [2.75, 3.05) is 12.0 Å². The zero-order chi connectivity index (χ0) is 14.5. The summed E-state index contributed by atoms with van der Waals surface area (Å²) in [5.41, 5.74) is 4.99. The third-order valence-corrected chi connectivity index (χ3v) is 2.61. The number of hydrogen-bond donors (Lipinski definition) is 1. The summed E-state index contributed by atoms with van der Waals surface area (Å²) in [6.45, 7) is 3.73. The summed E-state index contributed by atoms with van der Waals surface area (Å²) < 4.78 is 4.88. The lowest BCUT2D eigenvalue weighted by Crippen LogP contribution is -2.14. The highest BCUT2D eigenvalue weighted by Crippen LogP contribution is 2.11. The number of anilines is 1. The van der Waals surface area contributed by atoms with Crippen molar-refractivity contribution in [3.63, 3.8) is 0 Å². The van der Waals surface area contributed by atoms with Crippen molar-refractivity contribution in [1.29, 1.82) is 5.26 Å². The molecule has 0 unspecified atom stereocenters. The van der Waals surface area contributed by atoms with Gasteiger partial charge in [0.1, 0.15) is 0 Å². The molecule has 0 saturated heterocycles. The molecule has 1 aromatic heterocycles. The molecule has 7 heteroatoms. The van der Waals surface area contributed by atoms with Crippen molar-refractivity contribution in [3.8, 4) is 6.07 Å². The van der Waals surface area contributed by atoms with Crippen LogP contribution < -0.4 is 5.43 Å². The van der Waals surface area contributed by atoms with Crippen LogP contribution in [0.15, 0.2) is 24.3 Å². The standard InChI is InChI=1S/C13H13N5O2/c1-3-20-13(19)12-9(2)18(17-15-12)16-11-6-4-10(8-14)5-7-11/h4-7,16H,3H2,1-2H3. The van der Waals surface area contributed by atoms with Crippen LogP contribution in [0.2, 0.25) is 0 Å². The first-order chi connectivity index (χ1) is 9.65. The van der Waals surface area contributed by atoms with Gasteiger partial charge in [-0.3, -0.25) is 5.43 Å². The Hall–Kier alpha value is -2.88. The molecule has 0 spiro atoms. The second-order valence-corrected chi connectivity index (χ2v) is 3.96. The SMILES string of the molecule is CCOC(=O)c1nnn(Nc2ccc(C#N)cc2)c1C. The van der Waals surface area contributed by atoms with Crippen molar-refractivity contribution >= 4 is 11.7 Å². The van der Waals surface area contributed by atoms with Crippen LogP contribution in [-0.2, 0) is 4.74 Å². The average molecular weight is 271 g/mol. The number of nitrogens with one attached hydrogen (secondary N) is 1. The number of esters is 1. The van der Waals surface area contributed by atoms with Crippen molar-refractivity contribution in [1.82, 2.24) is 15.1 Å². The highest BCUT2D eigenvalue weighted by molar-refractivity contribution is 5.88. The molecule has 0 aliphatic carbocycles. The number of carbonyl (C=O) groups excluding carboxylic acids is 1. The third-order valence-electron chi connectivity index (χ3n) is 2.61. The van der Waals surface area contributed by atoms with Gasteiger partial charge in [0.2, 0.25) is 0 Å². The van der Waals surface area contributed by atoms with Crippen molar-refractivity contribution in [2.24, 2.45) is 0 Å². The monoisotopic (exact) mass is 271 g/mol. The Bertz CT molecular complexity index is 654. The van der Waals surface area contributed by atoms with E-state index in [1.54, 1.807) is 38.1 Å². The predicted molar refractivity (Wildman–Crippen MR) is 70.9 cm³/mol. The Labute approximate surface area is 115 Å². The number of hydrogen-bond acceptors (Lipinski definition) is 6. The largest absolute Gasteiger partial charge is 0.461 e. The molecular weight excluding hydrogens is 258 g/mol. The van der Waals surface area contributed by atoms with Crippen LogP contribution >= 0.6 is 0 Å². The number of ether oxygens (including phenoxy) is 1. The molecule has 0 atom stereocenters. The highest BCUT2D eigenvalue weighted by atomic mass is 16.5. The van der Waals surface area contributed by atoms with E-state index < -0.39 is 5.97 Å². The first-order valence-corrected chi connectivity index (χ1v) is 6.02. The third kappa shape index (κ3) is 2.75. The molecule has 102 valence electrons. The van der Waals surface area contributed by atoms with E-state index in [9.17, 15) is 4.79 Å². The molecule has 1 aromatic carbocycles. The minimum Gasteiger partial charge on any atom is -0.461 e. The van der Waals surface area contributed by atoms with Gasteiger partial charge in [0, 0.05) is 0 Å². The topological polar surface area (TPSA) is 92.8 Å². The van der Waals surface area contributed by atoms with Gasteiger partial charge in [-0.2, -0.15) is 10.1 Å². The summed E-state index contributed by atoms with van der Waals surface area (Å²) in [6, 6.07) is 8.88. The van der Waals surface area contributed by atoms with E-state index in [1.165, 1.54) is 4.79 Å². The molecule has 0 fully saturated rings. The van der Waals surface area contributed by atoms with E-state index in [-0.39, 0.29) is 12.3 Å². The van der Waals surface area contributed by atoms with Gasteiger partial charge < -0.3 is 4.74 Å². The molecule has 7 nitrogen and oxygen atoms in total. The number of nitrogens with zero attached hydrogens (tertiary/aromatic N) is 4. The lowest BCUT2D eigenvalue weighted by Gasteiger charge is -2.07. The van der Waals surface area contributed by atoms with Crippen molar-refractivity contribution < 1.29 is 9.53 Å².